The minimum Gasteiger partial charge on any atom is -0.512 e. The molecule has 2 N–H and O–H groups in total. The maximum Gasteiger partial charge on any atom is 0.250 e. The minimum absolute atomic E-state index is 0.00193. The summed E-state index contributed by atoms with van der Waals surface area (Å²) in [6, 6.07) is 0.0995. The van der Waals surface area contributed by atoms with Crippen molar-refractivity contribution in [2.24, 2.45) is 5.92 Å². The highest BCUT2D eigenvalue weighted by atomic mass is 16.3. The number of aliphatic hydroxyl groups excluding tert-OH is 1. The zero-order valence-electron chi connectivity index (χ0n) is 9.01. The van der Waals surface area contributed by atoms with Crippen molar-refractivity contribution in [3.05, 3.63) is 11.3 Å². The highest BCUT2D eigenvalue weighted by Gasteiger charge is 2.12. The fourth-order valence-electron chi connectivity index (χ4n) is 0.920. The molecule has 1 amide bonds. The highest BCUT2D eigenvalue weighted by Crippen LogP contribution is 2.11. The van der Waals surface area contributed by atoms with Crippen molar-refractivity contribution >= 4 is 5.91 Å². The fraction of sp³-hybridized carbons (Fsp3) is 0.700. The van der Waals surface area contributed by atoms with Crippen LogP contribution < -0.4 is 5.32 Å². The summed E-state index contributed by atoms with van der Waals surface area (Å²) in [6.45, 7) is 9.10. The van der Waals surface area contributed by atoms with Crippen molar-refractivity contribution in [3.63, 3.8) is 0 Å². The van der Waals surface area contributed by atoms with E-state index < -0.39 is 0 Å². The van der Waals surface area contributed by atoms with Gasteiger partial charge in [-0.25, -0.2) is 0 Å². The standard InChI is InChI=1S/C10H19NO2/c1-6(2)9(12)8(5)10(13)11-7(3)4/h6-7,12H,1-5H3,(H,11,13). The Labute approximate surface area is 79.8 Å². The molecule has 13 heavy (non-hydrogen) atoms. The van der Waals surface area contributed by atoms with Crippen LogP contribution >= 0.6 is 0 Å². The summed E-state index contributed by atoms with van der Waals surface area (Å²) in [7, 11) is 0. The van der Waals surface area contributed by atoms with Crippen LogP contribution in [0.3, 0.4) is 0 Å². The number of aliphatic hydroxyl groups is 1. The predicted octanol–water partition coefficient (Wildman–Crippen LogP) is 2.00. The number of hydrogen-bond acceptors (Lipinski definition) is 2. The molecule has 0 aromatic heterocycles. The third-order valence-corrected chi connectivity index (χ3v) is 1.69. The van der Waals surface area contributed by atoms with E-state index in [1.54, 1.807) is 6.92 Å². The molecule has 3 nitrogen and oxygen atoms in total. The lowest BCUT2D eigenvalue weighted by atomic mass is 10.1. The van der Waals surface area contributed by atoms with Gasteiger partial charge in [0.15, 0.2) is 0 Å². The van der Waals surface area contributed by atoms with Crippen LogP contribution in [0.15, 0.2) is 11.3 Å². The molecule has 76 valence electrons. The lowest BCUT2D eigenvalue weighted by Crippen LogP contribution is -2.31. The van der Waals surface area contributed by atoms with Gasteiger partial charge >= 0.3 is 0 Å². The quantitative estimate of drug-likeness (QED) is 0.522. The number of rotatable bonds is 3. The zero-order valence-corrected chi connectivity index (χ0v) is 9.01. The molecular formula is C10H19NO2. The summed E-state index contributed by atoms with van der Waals surface area (Å²) in [6.07, 6.45) is 0. The van der Waals surface area contributed by atoms with E-state index in [4.69, 9.17) is 0 Å². The second-order valence-electron chi connectivity index (χ2n) is 3.79. The van der Waals surface area contributed by atoms with Crippen molar-refractivity contribution in [2.75, 3.05) is 0 Å². The normalized spacial score (nSPS) is 13.2. The number of carbonyl (C=O) groups is 1. The van der Waals surface area contributed by atoms with Crippen molar-refractivity contribution in [1.82, 2.24) is 5.32 Å². The second kappa shape index (κ2) is 4.90. The molecule has 0 aliphatic rings. The van der Waals surface area contributed by atoms with E-state index in [1.165, 1.54) is 0 Å². The maximum absolute atomic E-state index is 11.4. The highest BCUT2D eigenvalue weighted by molar-refractivity contribution is 5.93. The first kappa shape index (κ1) is 12.0. The molecule has 0 fully saturated rings. The molecule has 0 heterocycles. The SMILES string of the molecule is CC(C(=O)NC(C)C)=C(O)C(C)C. The number of nitrogens with one attached hydrogen (secondary N) is 1. The molecule has 0 spiro atoms. The van der Waals surface area contributed by atoms with Crippen LogP contribution in [-0.4, -0.2) is 17.1 Å². The van der Waals surface area contributed by atoms with E-state index >= 15 is 0 Å². The number of allylic oxidation sites excluding steroid dienone is 1. The zero-order chi connectivity index (χ0) is 10.6. The van der Waals surface area contributed by atoms with Gasteiger partial charge in [0.25, 0.3) is 0 Å². The number of carbonyl (C=O) groups excluding carboxylic acids is 1. The lowest BCUT2D eigenvalue weighted by Gasteiger charge is -2.11. The molecule has 0 radical (unpaired) electrons. The molecule has 0 saturated carbocycles. The Kier molecular flexibility index (Phi) is 4.52. The second-order valence-corrected chi connectivity index (χ2v) is 3.79. The van der Waals surface area contributed by atoms with Gasteiger partial charge in [-0.2, -0.15) is 0 Å². The van der Waals surface area contributed by atoms with Crippen LogP contribution in [0.1, 0.15) is 34.6 Å². The third-order valence-electron chi connectivity index (χ3n) is 1.69. The van der Waals surface area contributed by atoms with Gasteiger partial charge in [0.05, 0.1) is 5.57 Å². The Morgan fingerprint density at radius 1 is 1.23 bits per heavy atom. The maximum atomic E-state index is 11.4. The molecule has 0 aliphatic carbocycles. The Morgan fingerprint density at radius 2 is 1.69 bits per heavy atom. The van der Waals surface area contributed by atoms with Crippen LogP contribution in [0.2, 0.25) is 0 Å². The molecule has 0 rings (SSSR count). The predicted molar refractivity (Wildman–Crippen MR) is 53.4 cm³/mol. The summed E-state index contributed by atoms with van der Waals surface area (Å²) in [5, 5.41) is 12.2. The van der Waals surface area contributed by atoms with Crippen LogP contribution in [0.25, 0.3) is 0 Å². The van der Waals surface area contributed by atoms with Crippen molar-refractivity contribution in [3.8, 4) is 0 Å². The number of hydrogen-bond donors (Lipinski definition) is 2. The van der Waals surface area contributed by atoms with Gasteiger partial charge in [-0.3, -0.25) is 4.79 Å². The van der Waals surface area contributed by atoms with E-state index in [-0.39, 0.29) is 23.6 Å². The Balaban J connectivity index is 4.49. The first-order valence-corrected chi connectivity index (χ1v) is 4.56. The topological polar surface area (TPSA) is 49.3 Å². The van der Waals surface area contributed by atoms with Gasteiger partial charge in [-0.1, -0.05) is 13.8 Å². The Bertz CT molecular complexity index is 217. The summed E-state index contributed by atoms with van der Waals surface area (Å²) in [4.78, 5) is 11.4. The molecule has 0 saturated heterocycles. The molecule has 0 bridgehead atoms. The minimum atomic E-state index is -0.193. The van der Waals surface area contributed by atoms with Crippen LogP contribution in [-0.2, 0) is 4.79 Å². The van der Waals surface area contributed by atoms with E-state index in [0.29, 0.717) is 5.57 Å². The molecule has 0 aliphatic heterocycles. The van der Waals surface area contributed by atoms with E-state index in [0.717, 1.165) is 0 Å². The van der Waals surface area contributed by atoms with Gasteiger partial charge in [-0.05, 0) is 20.8 Å². The van der Waals surface area contributed by atoms with Crippen molar-refractivity contribution in [1.29, 1.82) is 0 Å². The summed E-state index contributed by atoms with van der Waals surface area (Å²) >= 11 is 0. The smallest absolute Gasteiger partial charge is 0.250 e. The van der Waals surface area contributed by atoms with Crippen molar-refractivity contribution < 1.29 is 9.90 Å². The third kappa shape index (κ3) is 3.97. The monoisotopic (exact) mass is 185 g/mol. The van der Waals surface area contributed by atoms with E-state index in [9.17, 15) is 9.90 Å². The van der Waals surface area contributed by atoms with Gasteiger partial charge in [0.1, 0.15) is 5.76 Å². The van der Waals surface area contributed by atoms with Crippen LogP contribution in [0.5, 0.6) is 0 Å². The van der Waals surface area contributed by atoms with Crippen LogP contribution in [0.4, 0.5) is 0 Å². The lowest BCUT2D eigenvalue weighted by molar-refractivity contribution is -0.118. The Morgan fingerprint density at radius 3 is 2.00 bits per heavy atom. The van der Waals surface area contributed by atoms with Gasteiger partial charge in [0.2, 0.25) is 5.91 Å². The average Bonchev–Trinajstić information content (AvgIpc) is 2.00. The molecule has 0 unspecified atom stereocenters. The van der Waals surface area contributed by atoms with Crippen LogP contribution in [0, 0.1) is 5.92 Å². The number of amides is 1. The molecule has 0 aromatic carbocycles. The molecule has 0 aromatic rings. The molecule has 3 heteroatoms. The first-order valence-electron chi connectivity index (χ1n) is 4.56. The van der Waals surface area contributed by atoms with Crippen molar-refractivity contribution in [2.45, 2.75) is 40.7 Å². The van der Waals surface area contributed by atoms with E-state index in [2.05, 4.69) is 5.32 Å². The largest absolute Gasteiger partial charge is 0.512 e. The fourth-order valence-corrected chi connectivity index (χ4v) is 0.920. The average molecular weight is 185 g/mol. The summed E-state index contributed by atoms with van der Waals surface area (Å²) < 4.78 is 0. The molecular weight excluding hydrogens is 166 g/mol. The van der Waals surface area contributed by atoms with Gasteiger partial charge < -0.3 is 10.4 Å². The summed E-state index contributed by atoms with van der Waals surface area (Å²) in [5.41, 5.74) is 0.406. The summed E-state index contributed by atoms with van der Waals surface area (Å²) in [5.74, 6) is -0.0303. The molecule has 0 atom stereocenters. The van der Waals surface area contributed by atoms with E-state index in [1.807, 2.05) is 27.7 Å². The van der Waals surface area contributed by atoms with Gasteiger partial charge in [-0.15, -0.1) is 0 Å². The van der Waals surface area contributed by atoms with Gasteiger partial charge in [0, 0.05) is 12.0 Å². The Hall–Kier alpha value is -0.990. The first-order chi connectivity index (χ1) is 5.86.